The Morgan fingerprint density at radius 3 is 2.81 bits per heavy atom. The van der Waals surface area contributed by atoms with Crippen LogP contribution in [0.4, 0.5) is 0 Å². The molecule has 5 nitrogen and oxygen atoms in total. The van der Waals surface area contributed by atoms with E-state index in [1.807, 2.05) is 22.9 Å². The van der Waals surface area contributed by atoms with Crippen LogP contribution in [-0.4, -0.2) is 21.7 Å². The zero-order valence-electron chi connectivity index (χ0n) is 15.2. The van der Waals surface area contributed by atoms with E-state index in [4.69, 9.17) is 10.8 Å². The predicted octanol–water partition coefficient (Wildman–Crippen LogP) is 3.73. The number of rotatable bonds is 6. The molecular weight excluding hydrogens is 356 g/mol. The third kappa shape index (κ3) is 4.12. The first kappa shape index (κ1) is 17.9. The van der Waals surface area contributed by atoms with Crippen LogP contribution in [0.5, 0.6) is 0 Å². The molecule has 0 radical (unpaired) electrons. The molecule has 4 rings (SSSR count). The minimum absolute atomic E-state index is 0.0000540. The molecule has 0 spiro atoms. The number of primary amides is 1. The normalized spacial score (nSPS) is 19.9. The van der Waals surface area contributed by atoms with Gasteiger partial charge in [-0.05, 0) is 42.8 Å². The molecule has 1 aliphatic carbocycles. The van der Waals surface area contributed by atoms with Gasteiger partial charge in [0, 0.05) is 30.3 Å². The lowest BCUT2D eigenvalue weighted by Gasteiger charge is -2.28. The van der Waals surface area contributed by atoms with Crippen molar-refractivity contribution in [3.63, 3.8) is 0 Å². The van der Waals surface area contributed by atoms with Gasteiger partial charge in [-0.3, -0.25) is 4.79 Å². The van der Waals surface area contributed by atoms with Crippen molar-refractivity contribution in [1.29, 1.82) is 0 Å². The molecule has 0 bridgehead atoms. The van der Waals surface area contributed by atoms with Crippen molar-refractivity contribution in [2.75, 3.05) is 0 Å². The summed E-state index contributed by atoms with van der Waals surface area (Å²) in [6.45, 7) is 0.732. The zero-order valence-corrected chi connectivity index (χ0v) is 16.0. The maximum atomic E-state index is 11.5. The fraction of sp³-hybridized carbons (Fsp3) is 0.333. The second kappa shape index (κ2) is 8.06. The molecule has 2 atom stereocenters. The molecule has 1 aromatic carbocycles. The van der Waals surface area contributed by atoms with Gasteiger partial charge in [-0.2, -0.15) is 5.10 Å². The first-order chi connectivity index (χ1) is 13.2. The van der Waals surface area contributed by atoms with Crippen molar-refractivity contribution in [3.8, 4) is 16.3 Å². The fourth-order valence-electron chi connectivity index (χ4n) is 3.76. The fourth-order valence-corrected chi connectivity index (χ4v) is 4.51. The van der Waals surface area contributed by atoms with Gasteiger partial charge in [0.15, 0.2) is 0 Å². The predicted molar refractivity (Wildman–Crippen MR) is 109 cm³/mol. The van der Waals surface area contributed by atoms with E-state index in [0.29, 0.717) is 6.04 Å². The number of nitrogens with zero attached hydrogens (tertiary/aromatic N) is 2. The third-order valence-electron chi connectivity index (χ3n) is 5.22. The van der Waals surface area contributed by atoms with Crippen LogP contribution in [0.25, 0.3) is 16.3 Å². The second-order valence-electron chi connectivity index (χ2n) is 7.10. The number of amides is 1. The van der Waals surface area contributed by atoms with Crippen molar-refractivity contribution >= 4 is 17.2 Å². The lowest BCUT2D eigenvalue weighted by Crippen LogP contribution is -2.38. The Balaban J connectivity index is 1.54. The molecule has 140 valence electrons. The molecule has 1 saturated carbocycles. The molecule has 6 heteroatoms. The van der Waals surface area contributed by atoms with Crippen molar-refractivity contribution in [3.05, 3.63) is 59.6 Å². The van der Waals surface area contributed by atoms with E-state index in [0.717, 1.165) is 43.6 Å². The highest BCUT2D eigenvalue weighted by atomic mass is 32.1. The molecule has 2 unspecified atom stereocenters. The van der Waals surface area contributed by atoms with Gasteiger partial charge in [0.2, 0.25) is 5.91 Å². The van der Waals surface area contributed by atoms with E-state index < -0.39 is 0 Å². The number of nitrogens with one attached hydrogen (secondary N) is 1. The Bertz CT molecular complexity index is 888. The van der Waals surface area contributed by atoms with Gasteiger partial charge in [-0.1, -0.05) is 30.7 Å². The van der Waals surface area contributed by atoms with Gasteiger partial charge in [0.25, 0.3) is 0 Å². The first-order valence-electron chi connectivity index (χ1n) is 9.41. The first-order valence-corrected chi connectivity index (χ1v) is 10.3. The molecule has 1 amide bonds. The number of aromatic nitrogens is 2. The molecule has 0 saturated heterocycles. The summed E-state index contributed by atoms with van der Waals surface area (Å²) in [5.74, 6) is -0.169. The van der Waals surface area contributed by atoms with Gasteiger partial charge in [-0.25, -0.2) is 4.68 Å². The van der Waals surface area contributed by atoms with E-state index in [1.54, 1.807) is 11.3 Å². The minimum Gasteiger partial charge on any atom is -0.369 e. The summed E-state index contributed by atoms with van der Waals surface area (Å²) in [5, 5.41) is 10.6. The topological polar surface area (TPSA) is 72.9 Å². The summed E-state index contributed by atoms with van der Waals surface area (Å²) >= 11 is 1.70. The number of carbonyl (C=O) groups excluding carboxylic acids is 1. The smallest absolute Gasteiger partial charge is 0.220 e. The number of hydrogen-bond acceptors (Lipinski definition) is 4. The van der Waals surface area contributed by atoms with Crippen LogP contribution in [-0.2, 0) is 11.3 Å². The molecule has 3 aromatic rings. The molecule has 27 heavy (non-hydrogen) atoms. The Hall–Kier alpha value is -2.44. The third-order valence-corrected chi connectivity index (χ3v) is 6.10. The quantitative estimate of drug-likeness (QED) is 0.684. The lowest BCUT2D eigenvalue weighted by molar-refractivity contribution is -0.122. The van der Waals surface area contributed by atoms with E-state index >= 15 is 0 Å². The highest BCUT2D eigenvalue weighted by Crippen LogP contribution is 2.29. The molecule has 3 N–H and O–H groups in total. The summed E-state index contributed by atoms with van der Waals surface area (Å²) in [5.41, 5.74) is 8.75. The molecule has 2 aromatic heterocycles. The summed E-state index contributed by atoms with van der Waals surface area (Å²) in [4.78, 5) is 12.7. The Morgan fingerprint density at radius 1 is 1.22 bits per heavy atom. The second-order valence-corrected chi connectivity index (χ2v) is 8.05. The average Bonchev–Trinajstić information content (AvgIpc) is 3.37. The standard InChI is InChI=1S/C21H24N4OS/c22-21(26)15-6-4-7-17(12-15)23-13-16-14-25(18-8-2-1-3-9-18)24-20(16)19-10-5-11-27-19/h1-3,5,8-11,14-15,17,23H,4,6-7,12-13H2,(H2,22,26). The van der Waals surface area contributed by atoms with Crippen LogP contribution in [0.3, 0.4) is 0 Å². The van der Waals surface area contributed by atoms with Crippen LogP contribution < -0.4 is 11.1 Å². The highest BCUT2D eigenvalue weighted by molar-refractivity contribution is 7.13. The molecule has 1 aliphatic rings. The monoisotopic (exact) mass is 380 g/mol. The number of hydrogen-bond donors (Lipinski definition) is 2. The number of benzene rings is 1. The van der Waals surface area contributed by atoms with Crippen molar-refractivity contribution in [2.45, 2.75) is 38.3 Å². The van der Waals surface area contributed by atoms with Crippen LogP contribution in [0.15, 0.2) is 54.0 Å². The Labute approximate surface area is 163 Å². The van der Waals surface area contributed by atoms with Crippen molar-refractivity contribution in [2.24, 2.45) is 11.7 Å². The Morgan fingerprint density at radius 2 is 2.07 bits per heavy atom. The average molecular weight is 381 g/mol. The van der Waals surface area contributed by atoms with E-state index in [2.05, 4.69) is 41.2 Å². The van der Waals surface area contributed by atoms with Gasteiger partial charge in [-0.15, -0.1) is 11.3 Å². The SMILES string of the molecule is NC(=O)C1CCCC(NCc2cn(-c3ccccc3)nc2-c2cccs2)C1. The van der Waals surface area contributed by atoms with Gasteiger partial charge >= 0.3 is 0 Å². The number of para-hydroxylation sites is 1. The molecule has 2 heterocycles. The van der Waals surface area contributed by atoms with E-state index in [-0.39, 0.29) is 11.8 Å². The van der Waals surface area contributed by atoms with E-state index in [9.17, 15) is 4.79 Å². The van der Waals surface area contributed by atoms with Crippen molar-refractivity contribution in [1.82, 2.24) is 15.1 Å². The van der Waals surface area contributed by atoms with Gasteiger partial charge in [0.1, 0.15) is 5.69 Å². The molecule has 1 fully saturated rings. The maximum absolute atomic E-state index is 11.5. The number of carbonyl (C=O) groups is 1. The van der Waals surface area contributed by atoms with Gasteiger partial charge in [0.05, 0.1) is 10.6 Å². The largest absolute Gasteiger partial charge is 0.369 e. The van der Waals surface area contributed by atoms with Gasteiger partial charge < -0.3 is 11.1 Å². The van der Waals surface area contributed by atoms with Crippen LogP contribution >= 0.6 is 11.3 Å². The van der Waals surface area contributed by atoms with E-state index in [1.165, 1.54) is 10.4 Å². The zero-order chi connectivity index (χ0) is 18.6. The number of nitrogens with two attached hydrogens (primary N) is 1. The maximum Gasteiger partial charge on any atom is 0.220 e. The summed E-state index contributed by atoms with van der Waals surface area (Å²) in [6, 6.07) is 14.6. The summed E-state index contributed by atoms with van der Waals surface area (Å²) < 4.78 is 1.94. The minimum atomic E-state index is -0.169. The summed E-state index contributed by atoms with van der Waals surface area (Å²) in [7, 11) is 0. The molecular formula is C21H24N4OS. The van der Waals surface area contributed by atoms with Crippen LogP contribution in [0.1, 0.15) is 31.2 Å². The van der Waals surface area contributed by atoms with Crippen LogP contribution in [0.2, 0.25) is 0 Å². The number of thiophene rings is 1. The lowest BCUT2D eigenvalue weighted by atomic mass is 9.85. The molecule has 0 aliphatic heterocycles. The Kier molecular flexibility index (Phi) is 5.36. The highest BCUT2D eigenvalue weighted by Gasteiger charge is 2.25. The van der Waals surface area contributed by atoms with Crippen LogP contribution in [0, 0.1) is 5.92 Å². The van der Waals surface area contributed by atoms with Crippen molar-refractivity contribution < 1.29 is 4.79 Å². The summed E-state index contributed by atoms with van der Waals surface area (Å²) in [6.07, 6.45) is 5.99.